The fraction of sp³-hybridized carbons (Fsp3) is 0.938. The Bertz CT molecular complexity index is 293. The summed E-state index contributed by atoms with van der Waals surface area (Å²) in [5.41, 5.74) is 0. The van der Waals surface area contributed by atoms with Crippen LogP contribution in [0.5, 0.6) is 0 Å². The van der Waals surface area contributed by atoms with Crippen LogP contribution in [0.2, 0.25) is 0 Å². The van der Waals surface area contributed by atoms with Gasteiger partial charge in [0, 0.05) is 13.1 Å². The van der Waals surface area contributed by atoms with E-state index in [0.29, 0.717) is 19.1 Å². The maximum Gasteiger partial charge on any atom is 0.224 e. The first-order chi connectivity index (χ1) is 9.66. The monoisotopic (exact) mass is 282 g/mol. The Kier molecular flexibility index (Phi) is 6.30. The molecule has 2 aliphatic heterocycles. The van der Waals surface area contributed by atoms with E-state index in [1.165, 1.54) is 12.8 Å². The number of nitrogens with zero attached hydrogens (tertiary/aromatic N) is 1. The van der Waals surface area contributed by atoms with E-state index in [-0.39, 0.29) is 5.91 Å². The topological polar surface area (TPSA) is 41.6 Å². The van der Waals surface area contributed by atoms with Gasteiger partial charge in [-0.1, -0.05) is 13.8 Å². The van der Waals surface area contributed by atoms with E-state index in [2.05, 4.69) is 19.2 Å². The van der Waals surface area contributed by atoms with Crippen LogP contribution in [-0.4, -0.2) is 49.7 Å². The SMILES string of the molecule is CC(C)C1CCN(C(=O)CCOC2CCNCC2)CC1. The first-order valence-corrected chi connectivity index (χ1v) is 8.27. The molecule has 4 nitrogen and oxygen atoms in total. The Morgan fingerprint density at radius 2 is 1.85 bits per heavy atom. The molecule has 0 aromatic carbocycles. The number of hydrogen-bond donors (Lipinski definition) is 1. The predicted octanol–water partition coefficient (Wildman–Crippen LogP) is 2.04. The largest absolute Gasteiger partial charge is 0.378 e. The van der Waals surface area contributed by atoms with Gasteiger partial charge in [-0.15, -0.1) is 0 Å². The van der Waals surface area contributed by atoms with Gasteiger partial charge in [-0.3, -0.25) is 4.79 Å². The van der Waals surface area contributed by atoms with Gasteiger partial charge in [0.25, 0.3) is 0 Å². The molecule has 4 heteroatoms. The molecule has 0 radical (unpaired) electrons. The van der Waals surface area contributed by atoms with E-state index < -0.39 is 0 Å². The smallest absolute Gasteiger partial charge is 0.224 e. The van der Waals surface area contributed by atoms with E-state index in [9.17, 15) is 4.79 Å². The molecule has 0 atom stereocenters. The number of carbonyl (C=O) groups is 1. The summed E-state index contributed by atoms with van der Waals surface area (Å²) in [6.45, 7) is 9.13. The maximum atomic E-state index is 12.1. The van der Waals surface area contributed by atoms with Crippen LogP contribution in [0.3, 0.4) is 0 Å². The van der Waals surface area contributed by atoms with Crippen LogP contribution >= 0.6 is 0 Å². The van der Waals surface area contributed by atoms with Crippen molar-refractivity contribution in [1.82, 2.24) is 10.2 Å². The van der Waals surface area contributed by atoms with E-state index in [1.807, 2.05) is 4.90 Å². The van der Waals surface area contributed by atoms with Gasteiger partial charge in [0.05, 0.1) is 19.1 Å². The molecular formula is C16H30N2O2. The summed E-state index contributed by atoms with van der Waals surface area (Å²) in [4.78, 5) is 14.2. The van der Waals surface area contributed by atoms with Gasteiger partial charge in [0.1, 0.15) is 0 Å². The maximum absolute atomic E-state index is 12.1. The van der Waals surface area contributed by atoms with Crippen molar-refractivity contribution in [3.8, 4) is 0 Å². The van der Waals surface area contributed by atoms with Crippen LogP contribution in [0.4, 0.5) is 0 Å². The van der Waals surface area contributed by atoms with Gasteiger partial charge >= 0.3 is 0 Å². The lowest BCUT2D eigenvalue weighted by atomic mass is 9.86. The van der Waals surface area contributed by atoms with Gasteiger partial charge in [0.15, 0.2) is 0 Å². The quantitative estimate of drug-likeness (QED) is 0.839. The number of rotatable bonds is 5. The number of piperidine rings is 2. The van der Waals surface area contributed by atoms with Gasteiger partial charge in [-0.25, -0.2) is 0 Å². The molecule has 0 saturated carbocycles. The van der Waals surface area contributed by atoms with Crippen LogP contribution in [0, 0.1) is 11.8 Å². The van der Waals surface area contributed by atoms with Crippen molar-refractivity contribution in [3.63, 3.8) is 0 Å². The Labute approximate surface area is 123 Å². The van der Waals surface area contributed by atoms with E-state index in [1.54, 1.807) is 0 Å². The minimum Gasteiger partial charge on any atom is -0.378 e. The summed E-state index contributed by atoms with van der Waals surface area (Å²) < 4.78 is 5.82. The number of hydrogen-bond acceptors (Lipinski definition) is 3. The molecular weight excluding hydrogens is 252 g/mol. The third-order valence-corrected chi connectivity index (χ3v) is 4.79. The zero-order valence-corrected chi connectivity index (χ0v) is 13.1. The third-order valence-electron chi connectivity index (χ3n) is 4.79. The lowest BCUT2D eigenvalue weighted by molar-refractivity contribution is -0.134. The van der Waals surface area contributed by atoms with Crippen molar-refractivity contribution < 1.29 is 9.53 Å². The molecule has 0 aromatic heterocycles. The zero-order chi connectivity index (χ0) is 14.4. The highest BCUT2D eigenvalue weighted by Gasteiger charge is 2.24. The molecule has 0 unspecified atom stereocenters. The summed E-state index contributed by atoms with van der Waals surface area (Å²) in [5.74, 6) is 1.82. The van der Waals surface area contributed by atoms with Crippen LogP contribution in [0.25, 0.3) is 0 Å². The predicted molar refractivity (Wildman–Crippen MR) is 80.6 cm³/mol. The molecule has 2 heterocycles. The lowest BCUT2D eigenvalue weighted by Gasteiger charge is -2.34. The summed E-state index contributed by atoms with van der Waals surface area (Å²) >= 11 is 0. The van der Waals surface area contributed by atoms with Crippen molar-refractivity contribution in [1.29, 1.82) is 0 Å². The highest BCUT2D eigenvalue weighted by molar-refractivity contribution is 5.76. The molecule has 0 bridgehead atoms. The second-order valence-electron chi connectivity index (χ2n) is 6.53. The lowest BCUT2D eigenvalue weighted by Crippen LogP contribution is -2.40. The number of amides is 1. The summed E-state index contributed by atoms with van der Waals surface area (Å²) in [6, 6.07) is 0. The molecule has 116 valence electrons. The Morgan fingerprint density at radius 3 is 2.45 bits per heavy atom. The fourth-order valence-corrected chi connectivity index (χ4v) is 3.25. The second kappa shape index (κ2) is 7.99. The van der Waals surface area contributed by atoms with Gasteiger partial charge in [0.2, 0.25) is 5.91 Å². The second-order valence-corrected chi connectivity index (χ2v) is 6.53. The molecule has 2 fully saturated rings. The third kappa shape index (κ3) is 4.74. The highest BCUT2D eigenvalue weighted by Crippen LogP contribution is 2.24. The van der Waals surface area contributed by atoms with Crippen molar-refractivity contribution in [2.24, 2.45) is 11.8 Å². The zero-order valence-electron chi connectivity index (χ0n) is 13.1. The van der Waals surface area contributed by atoms with Crippen LogP contribution in [0.1, 0.15) is 46.0 Å². The number of nitrogens with one attached hydrogen (secondary N) is 1. The summed E-state index contributed by atoms with van der Waals surface area (Å²) in [7, 11) is 0. The van der Waals surface area contributed by atoms with Crippen molar-refractivity contribution >= 4 is 5.91 Å². The van der Waals surface area contributed by atoms with E-state index in [4.69, 9.17) is 4.74 Å². The molecule has 1 N–H and O–H groups in total. The standard InChI is InChI=1S/C16H30N2O2/c1-13(2)14-5-10-18(11-6-14)16(19)7-12-20-15-3-8-17-9-4-15/h13-15,17H,3-12H2,1-2H3. The van der Waals surface area contributed by atoms with Crippen molar-refractivity contribution in [2.45, 2.75) is 52.1 Å². The Morgan fingerprint density at radius 1 is 1.20 bits per heavy atom. The van der Waals surface area contributed by atoms with Crippen molar-refractivity contribution in [2.75, 3.05) is 32.8 Å². The number of ether oxygens (including phenoxy) is 1. The molecule has 0 aromatic rings. The van der Waals surface area contributed by atoms with Crippen LogP contribution in [0.15, 0.2) is 0 Å². The Hall–Kier alpha value is -0.610. The molecule has 2 saturated heterocycles. The molecule has 2 aliphatic rings. The molecule has 0 aliphatic carbocycles. The molecule has 0 spiro atoms. The van der Waals surface area contributed by atoms with Gasteiger partial charge in [-0.2, -0.15) is 0 Å². The van der Waals surface area contributed by atoms with Crippen LogP contribution < -0.4 is 5.32 Å². The first kappa shape index (κ1) is 15.8. The molecule has 20 heavy (non-hydrogen) atoms. The minimum atomic E-state index is 0.279. The molecule has 1 amide bonds. The summed E-state index contributed by atoms with van der Waals surface area (Å²) in [5, 5.41) is 3.32. The average molecular weight is 282 g/mol. The first-order valence-electron chi connectivity index (χ1n) is 8.27. The van der Waals surface area contributed by atoms with E-state index in [0.717, 1.165) is 50.9 Å². The number of carbonyl (C=O) groups excluding carboxylic acids is 1. The van der Waals surface area contributed by atoms with Crippen molar-refractivity contribution in [3.05, 3.63) is 0 Å². The van der Waals surface area contributed by atoms with Gasteiger partial charge in [-0.05, 0) is 50.6 Å². The number of likely N-dealkylation sites (tertiary alicyclic amines) is 1. The minimum absolute atomic E-state index is 0.279. The van der Waals surface area contributed by atoms with Gasteiger partial charge < -0.3 is 15.0 Å². The van der Waals surface area contributed by atoms with E-state index >= 15 is 0 Å². The normalized spacial score (nSPS) is 22.4. The molecule has 2 rings (SSSR count). The van der Waals surface area contributed by atoms with Crippen LogP contribution in [-0.2, 0) is 9.53 Å². The average Bonchev–Trinajstić information content (AvgIpc) is 2.48. The summed E-state index contributed by atoms with van der Waals surface area (Å²) in [6.07, 6.45) is 5.39. The fourth-order valence-electron chi connectivity index (χ4n) is 3.25. The highest BCUT2D eigenvalue weighted by atomic mass is 16.5. The Balaban J connectivity index is 1.60.